The van der Waals surface area contributed by atoms with Gasteiger partial charge in [0.1, 0.15) is 0 Å². The van der Waals surface area contributed by atoms with E-state index in [4.69, 9.17) is 0 Å². The number of benzene rings is 2. The van der Waals surface area contributed by atoms with Crippen LogP contribution < -0.4 is 5.32 Å². The first kappa shape index (κ1) is 14.9. The molecule has 2 atom stereocenters. The summed E-state index contributed by atoms with van der Waals surface area (Å²) in [6, 6.07) is 14.5. The van der Waals surface area contributed by atoms with Crippen LogP contribution in [0.4, 0.5) is 5.69 Å². The van der Waals surface area contributed by atoms with Gasteiger partial charge in [-0.1, -0.05) is 35.9 Å². The molecule has 0 saturated heterocycles. The van der Waals surface area contributed by atoms with E-state index in [1.165, 1.54) is 11.1 Å². The number of rotatable bonds is 3. The van der Waals surface area contributed by atoms with Crippen LogP contribution in [0.2, 0.25) is 0 Å². The highest BCUT2D eigenvalue weighted by Gasteiger charge is 2.43. The molecule has 24 heavy (non-hydrogen) atoms. The number of hydrogen-bond donors (Lipinski definition) is 1. The highest BCUT2D eigenvalue weighted by molar-refractivity contribution is 5.97. The van der Waals surface area contributed by atoms with Crippen molar-refractivity contribution in [3.63, 3.8) is 0 Å². The van der Waals surface area contributed by atoms with E-state index < -0.39 is 0 Å². The lowest BCUT2D eigenvalue weighted by molar-refractivity contribution is -0.117. The fourth-order valence-electron chi connectivity index (χ4n) is 3.38. The van der Waals surface area contributed by atoms with Crippen molar-refractivity contribution < 1.29 is 4.79 Å². The zero-order valence-corrected chi connectivity index (χ0v) is 13.9. The fraction of sp³-hybridized carbons (Fsp3) is 0.238. The van der Waals surface area contributed by atoms with Crippen LogP contribution in [-0.2, 0) is 4.79 Å². The first-order valence-electron chi connectivity index (χ1n) is 8.33. The smallest absolute Gasteiger partial charge is 0.228 e. The summed E-state index contributed by atoms with van der Waals surface area (Å²) in [5, 5.41) is 5.31. The molecule has 1 saturated carbocycles. The highest BCUT2D eigenvalue weighted by atomic mass is 16.2. The van der Waals surface area contributed by atoms with Crippen molar-refractivity contribution in [2.45, 2.75) is 26.2 Å². The van der Waals surface area contributed by atoms with Gasteiger partial charge in [-0.3, -0.25) is 9.78 Å². The Hall–Kier alpha value is -2.68. The molecule has 0 bridgehead atoms. The third-order valence-corrected chi connectivity index (χ3v) is 4.82. The van der Waals surface area contributed by atoms with Gasteiger partial charge in [0.2, 0.25) is 5.91 Å². The number of nitrogens with one attached hydrogen (secondary N) is 1. The van der Waals surface area contributed by atoms with Gasteiger partial charge >= 0.3 is 0 Å². The van der Waals surface area contributed by atoms with Crippen molar-refractivity contribution in [2.24, 2.45) is 5.92 Å². The molecule has 1 aliphatic rings. The van der Waals surface area contributed by atoms with Crippen LogP contribution in [-0.4, -0.2) is 10.9 Å². The summed E-state index contributed by atoms with van der Waals surface area (Å²) < 4.78 is 0. The Kier molecular flexibility index (Phi) is 3.57. The Morgan fingerprint density at radius 1 is 1.12 bits per heavy atom. The van der Waals surface area contributed by atoms with Gasteiger partial charge in [-0.15, -0.1) is 0 Å². The first-order chi connectivity index (χ1) is 11.6. The first-order valence-corrected chi connectivity index (χ1v) is 8.33. The van der Waals surface area contributed by atoms with E-state index in [2.05, 4.69) is 41.5 Å². The molecule has 1 aliphatic carbocycles. The number of amides is 1. The topological polar surface area (TPSA) is 42.0 Å². The van der Waals surface area contributed by atoms with E-state index in [0.717, 1.165) is 28.4 Å². The lowest BCUT2D eigenvalue weighted by atomic mass is 10.1. The van der Waals surface area contributed by atoms with E-state index >= 15 is 0 Å². The Bertz CT molecular complexity index is 932. The van der Waals surface area contributed by atoms with Gasteiger partial charge in [0.15, 0.2) is 0 Å². The normalized spacial score (nSPS) is 19.2. The number of nitrogens with zero attached hydrogens (tertiary/aromatic N) is 1. The Morgan fingerprint density at radius 3 is 2.83 bits per heavy atom. The summed E-state index contributed by atoms with van der Waals surface area (Å²) in [4.78, 5) is 16.7. The van der Waals surface area contributed by atoms with E-state index in [1.807, 2.05) is 37.5 Å². The number of carbonyl (C=O) groups is 1. The van der Waals surface area contributed by atoms with E-state index in [-0.39, 0.29) is 11.8 Å². The minimum Gasteiger partial charge on any atom is -0.326 e. The molecular weight excluding hydrogens is 296 g/mol. The number of aromatic nitrogens is 1. The fourth-order valence-corrected chi connectivity index (χ4v) is 3.38. The Balaban J connectivity index is 1.50. The second-order valence-corrected chi connectivity index (χ2v) is 6.74. The Labute approximate surface area is 141 Å². The van der Waals surface area contributed by atoms with Crippen molar-refractivity contribution in [1.29, 1.82) is 0 Å². The molecule has 1 amide bonds. The van der Waals surface area contributed by atoms with Gasteiger partial charge in [0.05, 0.1) is 0 Å². The van der Waals surface area contributed by atoms with Crippen LogP contribution in [0.1, 0.15) is 29.0 Å². The van der Waals surface area contributed by atoms with Crippen LogP contribution in [0.3, 0.4) is 0 Å². The van der Waals surface area contributed by atoms with Gasteiger partial charge < -0.3 is 5.32 Å². The molecule has 1 aromatic heterocycles. The van der Waals surface area contributed by atoms with Crippen LogP contribution in [0.5, 0.6) is 0 Å². The molecule has 1 fully saturated rings. The summed E-state index contributed by atoms with van der Waals surface area (Å²) in [6.45, 7) is 4.13. The maximum absolute atomic E-state index is 12.5. The molecule has 0 aliphatic heterocycles. The quantitative estimate of drug-likeness (QED) is 0.767. The molecular formula is C21H20N2O. The minimum absolute atomic E-state index is 0.0843. The summed E-state index contributed by atoms with van der Waals surface area (Å²) in [7, 11) is 0. The van der Waals surface area contributed by atoms with Crippen molar-refractivity contribution in [1.82, 2.24) is 4.98 Å². The monoisotopic (exact) mass is 316 g/mol. The standard InChI is InChI=1S/C21H20N2O/c1-13-4-3-5-15(8-13)19-10-20(19)21(24)23-17-7-6-16-12-22-11-14(2)18(16)9-17/h3-9,11-12,19-20H,10H2,1-2H3,(H,23,24). The molecule has 1 N–H and O–H groups in total. The van der Waals surface area contributed by atoms with Crippen LogP contribution >= 0.6 is 0 Å². The number of aryl methyl sites for hydroxylation is 2. The van der Waals surface area contributed by atoms with Gasteiger partial charge in [-0.05, 0) is 54.8 Å². The second kappa shape index (κ2) is 5.75. The Morgan fingerprint density at radius 2 is 2.00 bits per heavy atom. The largest absolute Gasteiger partial charge is 0.326 e. The van der Waals surface area contributed by atoms with Crippen molar-refractivity contribution in [2.75, 3.05) is 5.32 Å². The number of carbonyl (C=O) groups excluding carboxylic acids is 1. The van der Waals surface area contributed by atoms with E-state index in [1.54, 1.807) is 0 Å². The molecule has 3 aromatic rings. The van der Waals surface area contributed by atoms with Crippen molar-refractivity contribution in [3.8, 4) is 0 Å². The number of hydrogen-bond acceptors (Lipinski definition) is 2. The average molecular weight is 316 g/mol. The SMILES string of the molecule is Cc1cccc(C2CC2C(=O)Nc2ccc3cncc(C)c3c2)c1. The zero-order chi connectivity index (χ0) is 16.7. The molecule has 2 aromatic carbocycles. The third kappa shape index (κ3) is 2.78. The van der Waals surface area contributed by atoms with E-state index in [0.29, 0.717) is 5.92 Å². The average Bonchev–Trinajstić information content (AvgIpc) is 3.36. The molecule has 3 nitrogen and oxygen atoms in total. The van der Waals surface area contributed by atoms with Crippen LogP contribution in [0.25, 0.3) is 10.8 Å². The van der Waals surface area contributed by atoms with Gasteiger partial charge in [-0.2, -0.15) is 0 Å². The predicted molar refractivity (Wildman–Crippen MR) is 97.1 cm³/mol. The molecule has 2 unspecified atom stereocenters. The zero-order valence-electron chi connectivity index (χ0n) is 13.9. The van der Waals surface area contributed by atoms with Gasteiger partial charge in [0, 0.05) is 29.4 Å². The maximum Gasteiger partial charge on any atom is 0.228 e. The van der Waals surface area contributed by atoms with Crippen LogP contribution in [0, 0.1) is 19.8 Å². The molecule has 4 rings (SSSR count). The summed E-state index contributed by atoms with van der Waals surface area (Å²) in [5.41, 5.74) is 4.50. The second-order valence-electron chi connectivity index (χ2n) is 6.74. The minimum atomic E-state index is 0.0843. The number of fused-ring (bicyclic) bond motifs is 1. The molecule has 0 radical (unpaired) electrons. The van der Waals surface area contributed by atoms with Crippen molar-refractivity contribution >= 4 is 22.4 Å². The maximum atomic E-state index is 12.5. The summed E-state index contributed by atoms with van der Waals surface area (Å²) in [5.74, 6) is 0.560. The van der Waals surface area contributed by atoms with Gasteiger partial charge in [0.25, 0.3) is 0 Å². The molecule has 3 heteroatoms. The highest BCUT2D eigenvalue weighted by Crippen LogP contribution is 2.48. The lowest BCUT2D eigenvalue weighted by Gasteiger charge is -2.08. The molecule has 120 valence electrons. The lowest BCUT2D eigenvalue weighted by Crippen LogP contribution is -2.14. The van der Waals surface area contributed by atoms with Crippen molar-refractivity contribution in [3.05, 3.63) is 71.5 Å². The number of anilines is 1. The van der Waals surface area contributed by atoms with E-state index in [9.17, 15) is 4.79 Å². The predicted octanol–water partition coefficient (Wildman–Crippen LogP) is 4.59. The van der Waals surface area contributed by atoms with Gasteiger partial charge in [-0.25, -0.2) is 0 Å². The third-order valence-electron chi connectivity index (χ3n) is 4.82. The summed E-state index contributed by atoms with van der Waals surface area (Å²) >= 11 is 0. The number of pyridine rings is 1. The summed E-state index contributed by atoms with van der Waals surface area (Å²) in [6.07, 6.45) is 4.64. The van der Waals surface area contributed by atoms with Crippen LogP contribution in [0.15, 0.2) is 54.9 Å². The molecule has 0 spiro atoms. The molecule has 1 heterocycles.